The molecular weight excluding hydrogens is 220 g/mol. The maximum Gasteiger partial charge on any atom is 0.224 e. The summed E-state index contributed by atoms with van der Waals surface area (Å²) in [5.41, 5.74) is 6.14. The fourth-order valence-electron chi connectivity index (χ4n) is 1.30. The van der Waals surface area contributed by atoms with Gasteiger partial charge in [-0.2, -0.15) is 0 Å². The Morgan fingerprint density at radius 2 is 2.12 bits per heavy atom. The lowest BCUT2D eigenvalue weighted by atomic mass is 10.1. The van der Waals surface area contributed by atoms with Gasteiger partial charge in [-0.15, -0.1) is 0 Å². The van der Waals surface area contributed by atoms with Gasteiger partial charge >= 0.3 is 0 Å². The quantitative estimate of drug-likeness (QED) is 0.569. The first-order chi connectivity index (χ1) is 8.00. The van der Waals surface area contributed by atoms with Gasteiger partial charge in [0.15, 0.2) is 0 Å². The van der Waals surface area contributed by atoms with Gasteiger partial charge in [0.2, 0.25) is 5.91 Å². The van der Waals surface area contributed by atoms with Crippen LogP contribution >= 0.6 is 0 Å². The van der Waals surface area contributed by atoms with E-state index in [0.717, 1.165) is 0 Å². The van der Waals surface area contributed by atoms with E-state index in [4.69, 9.17) is 10.8 Å². The molecule has 5 N–H and O–H groups in total. The predicted molar refractivity (Wildman–Crippen MR) is 64.5 cm³/mol. The van der Waals surface area contributed by atoms with Crippen LogP contribution in [0.25, 0.3) is 0 Å². The Bertz CT molecular complexity index is 380. The molecule has 1 amide bonds. The third-order valence-electron chi connectivity index (χ3n) is 2.50. The van der Waals surface area contributed by atoms with Gasteiger partial charge in [0.05, 0.1) is 12.5 Å². The van der Waals surface area contributed by atoms with Gasteiger partial charge in [-0.25, -0.2) is 0 Å². The highest BCUT2D eigenvalue weighted by molar-refractivity contribution is 5.79. The zero-order valence-corrected chi connectivity index (χ0v) is 9.76. The van der Waals surface area contributed by atoms with E-state index in [-0.39, 0.29) is 24.6 Å². The first-order valence-electron chi connectivity index (χ1n) is 5.48. The van der Waals surface area contributed by atoms with Crippen LogP contribution in [0.5, 0.6) is 5.75 Å². The predicted octanol–water partition coefficient (Wildman–Crippen LogP) is -0.241. The van der Waals surface area contributed by atoms with Crippen molar-refractivity contribution in [3.05, 3.63) is 29.8 Å². The topological polar surface area (TPSA) is 95.6 Å². The SMILES string of the molecule is CC(O)C(N)CNC(=O)Cc1ccccc1O. The average molecular weight is 238 g/mol. The second kappa shape index (κ2) is 6.22. The molecule has 1 rings (SSSR count). The van der Waals surface area contributed by atoms with E-state index in [0.29, 0.717) is 5.56 Å². The minimum atomic E-state index is -0.666. The Morgan fingerprint density at radius 1 is 1.47 bits per heavy atom. The number of nitrogens with one attached hydrogen (secondary N) is 1. The number of aliphatic hydroxyl groups is 1. The summed E-state index contributed by atoms with van der Waals surface area (Å²) in [5, 5.41) is 21.2. The molecule has 1 aromatic carbocycles. The molecule has 0 radical (unpaired) electrons. The van der Waals surface area contributed by atoms with Crippen LogP contribution in [-0.4, -0.2) is 34.8 Å². The molecule has 1 aromatic rings. The second-order valence-corrected chi connectivity index (χ2v) is 4.01. The highest BCUT2D eigenvalue weighted by atomic mass is 16.3. The number of aromatic hydroxyl groups is 1. The first kappa shape index (κ1) is 13.5. The normalized spacial score (nSPS) is 14.1. The van der Waals surface area contributed by atoms with Crippen molar-refractivity contribution in [2.45, 2.75) is 25.5 Å². The van der Waals surface area contributed by atoms with Gasteiger partial charge in [-0.3, -0.25) is 4.79 Å². The number of nitrogens with two attached hydrogens (primary N) is 1. The van der Waals surface area contributed by atoms with Crippen molar-refractivity contribution in [2.24, 2.45) is 5.73 Å². The van der Waals surface area contributed by atoms with Crippen molar-refractivity contribution < 1.29 is 15.0 Å². The van der Waals surface area contributed by atoms with Crippen LogP contribution in [0.4, 0.5) is 0 Å². The maximum atomic E-state index is 11.5. The molecule has 0 aromatic heterocycles. The zero-order valence-electron chi connectivity index (χ0n) is 9.76. The van der Waals surface area contributed by atoms with Crippen molar-refractivity contribution in [3.8, 4) is 5.75 Å². The zero-order chi connectivity index (χ0) is 12.8. The summed E-state index contributed by atoms with van der Waals surface area (Å²) in [6.45, 7) is 1.78. The Labute approximate surface area is 100 Å². The summed E-state index contributed by atoms with van der Waals surface area (Å²) in [6, 6.07) is 6.18. The summed E-state index contributed by atoms with van der Waals surface area (Å²) in [4.78, 5) is 11.5. The molecule has 0 aliphatic rings. The number of carbonyl (C=O) groups excluding carboxylic acids is 1. The lowest BCUT2D eigenvalue weighted by molar-refractivity contribution is -0.120. The Balaban J connectivity index is 2.43. The van der Waals surface area contributed by atoms with Crippen LogP contribution in [-0.2, 0) is 11.2 Å². The number of amides is 1. The standard InChI is InChI=1S/C12H18N2O3/c1-8(15)10(13)7-14-12(17)6-9-4-2-3-5-11(9)16/h2-5,8,10,15-16H,6-7,13H2,1H3,(H,14,17). The second-order valence-electron chi connectivity index (χ2n) is 4.01. The average Bonchev–Trinajstić information content (AvgIpc) is 2.29. The fraction of sp³-hybridized carbons (Fsp3) is 0.417. The van der Waals surface area contributed by atoms with Crippen molar-refractivity contribution in [3.63, 3.8) is 0 Å². The van der Waals surface area contributed by atoms with Gasteiger partial charge in [-0.05, 0) is 13.0 Å². The van der Waals surface area contributed by atoms with Gasteiger partial charge < -0.3 is 21.3 Å². The largest absolute Gasteiger partial charge is 0.508 e. The third-order valence-corrected chi connectivity index (χ3v) is 2.50. The molecule has 5 heteroatoms. The minimum absolute atomic E-state index is 0.0964. The third kappa shape index (κ3) is 4.42. The Hall–Kier alpha value is -1.59. The minimum Gasteiger partial charge on any atom is -0.508 e. The van der Waals surface area contributed by atoms with Crippen molar-refractivity contribution in [1.29, 1.82) is 0 Å². The lowest BCUT2D eigenvalue weighted by Gasteiger charge is -2.15. The molecular formula is C12H18N2O3. The Kier molecular flexibility index (Phi) is 4.93. The van der Waals surface area contributed by atoms with E-state index in [1.807, 2.05) is 0 Å². The van der Waals surface area contributed by atoms with Crippen LogP contribution in [0, 0.1) is 0 Å². The number of hydrogen-bond donors (Lipinski definition) is 4. The van der Waals surface area contributed by atoms with E-state index in [2.05, 4.69) is 5.32 Å². The van der Waals surface area contributed by atoms with E-state index in [1.165, 1.54) is 6.07 Å². The van der Waals surface area contributed by atoms with E-state index >= 15 is 0 Å². The number of para-hydroxylation sites is 1. The maximum absolute atomic E-state index is 11.5. The van der Waals surface area contributed by atoms with Gasteiger partial charge in [-0.1, -0.05) is 18.2 Å². The number of hydrogen-bond acceptors (Lipinski definition) is 4. The van der Waals surface area contributed by atoms with Crippen LogP contribution in [0.15, 0.2) is 24.3 Å². The summed E-state index contributed by atoms with van der Waals surface area (Å²) in [6.07, 6.45) is -0.570. The number of rotatable bonds is 5. The molecule has 0 saturated carbocycles. The summed E-state index contributed by atoms with van der Waals surface area (Å²) < 4.78 is 0. The van der Waals surface area contributed by atoms with Crippen molar-refractivity contribution >= 4 is 5.91 Å². The molecule has 0 aliphatic heterocycles. The molecule has 2 unspecified atom stereocenters. The lowest BCUT2D eigenvalue weighted by Crippen LogP contribution is -2.44. The van der Waals surface area contributed by atoms with Gasteiger partial charge in [0, 0.05) is 18.2 Å². The van der Waals surface area contributed by atoms with Gasteiger partial charge in [0.1, 0.15) is 5.75 Å². The summed E-state index contributed by atoms with van der Waals surface area (Å²) >= 11 is 0. The Morgan fingerprint density at radius 3 is 2.71 bits per heavy atom. The fourth-order valence-corrected chi connectivity index (χ4v) is 1.30. The first-order valence-corrected chi connectivity index (χ1v) is 5.48. The molecule has 0 bridgehead atoms. The summed E-state index contributed by atoms with van der Waals surface area (Å²) in [7, 11) is 0. The highest BCUT2D eigenvalue weighted by Gasteiger charge is 2.11. The number of carbonyl (C=O) groups is 1. The molecule has 0 saturated heterocycles. The van der Waals surface area contributed by atoms with Crippen LogP contribution in [0.2, 0.25) is 0 Å². The summed E-state index contributed by atoms with van der Waals surface area (Å²) in [5.74, 6) is -0.134. The van der Waals surface area contributed by atoms with Crippen molar-refractivity contribution in [2.75, 3.05) is 6.54 Å². The van der Waals surface area contributed by atoms with Gasteiger partial charge in [0.25, 0.3) is 0 Å². The monoisotopic (exact) mass is 238 g/mol. The number of phenols is 1. The van der Waals surface area contributed by atoms with Crippen LogP contribution < -0.4 is 11.1 Å². The van der Waals surface area contributed by atoms with Crippen LogP contribution in [0.1, 0.15) is 12.5 Å². The van der Waals surface area contributed by atoms with E-state index in [9.17, 15) is 9.90 Å². The number of phenolic OH excluding ortho intramolecular Hbond substituents is 1. The van der Waals surface area contributed by atoms with Crippen LogP contribution in [0.3, 0.4) is 0 Å². The highest BCUT2D eigenvalue weighted by Crippen LogP contribution is 2.15. The number of benzene rings is 1. The van der Waals surface area contributed by atoms with E-state index in [1.54, 1.807) is 25.1 Å². The smallest absolute Gasteiger partial charge is 0.224 e. The molecule has 5 nitrogen and oxygen atoms in total. The molecule has 2 atom stereocenters. The van der Waals surface area contributed by atoms with E-state index < -0.39 is 12.1 Å². The molecule has 94 valence electrons. The molecule has 0 heterocycles. The molecule has 0 spiro atoms. The molecule has 17 heavy (non-hydrogen) atoms. The molecule has 0 aliphatic carbocycles. The number of aliphatic hydroxyl groups excluding tert-OH is 1. The molecule has 0 fully saturated rings. The van der Waals surface area contributed by atoms with Crippen molar-refractivity contribution in [1.82, 2.24) is 5.32 Å².